The Labute approximate surface area is 126 Å². The topological polar surface area (TPSA) is 36.6 Å². The van der Waals surface area contributed by atoms with E-state index in [-0.39, 0.29) is 0 Å². The molecule has 112 valence electrons. The predicted octanol–water partition coefficient (Wildman–Crippen LogP) is 3.68. The van der Waals surface area contributed by atoms with Crippen LogP contribution in [0.25, 0.3) is 11.3 Å². The van der Waals surface area contributed by atoms with Crippen LogP contribution >= 0.6 is 0 Å². The third kappa shape index (κ3) is 3.55. The first-order valence-corrected chi connectivity index (χ1v) is 7.86. The largest absolute Gasteiger partial charge is 0.460 e. The summed E-state index contributed by atoms with van der Waals surface area (Å²) in [5.41, 5.74) is 1.13. The van der Waals surface area contributed by atoms with Gasteiger partial charge in [0.25, 0.3) is 0 Å². The van der Waals surface area contributed by atoms with Crippen molar-refractivity contribution >= 4 is 0 Å². The Kier molecular flexibility index (Phi) is 4.73. The van der Waals surface area contributed by atoms with Crippen molar-refractivity contribution in [3.63, 3.8) is 0 Å². The molecule has 0 saturated carbocycles. The summed E-state index contributed by atoms with van der Waals surface area (Å²) in [7, 11) is 0. The maximum atomic E-state index is 8.99. The van der Waals surface area contributed by atoms with Crippen LogP contribution in [0.4, 0.5) is 0 Å². The molecule has 1 atom stereocenters. The maximum absolute atomic E-state index is 8.99. The van der Waals surface area contributed by atoms with Gasteiger partial charge in [-0.25, -0.2) is 0 Å². The molecule has 2 heterocycles. The van der Waals surface area contributed by atoms with Crippen LogP contribution in [0, 0.1) is 0 Å². The molecular formula is C18H23NO2. The molecular weight excluding hydrogens is 262 g/mol. The first kappa shape index (κ1) is 14.4. The molecule has 21 heavy (non-hydrogen) atoms. The normalized spacial score (nSPS) is 19.2. The highest BCUT2D eigenvalue weighted by Gasteiger charge is 2.24. The smallest absolute Gasteiger partial charge is 0.134 e. The number of hydrogen-bond acceptors (Lipinski definition) is 3. The minimum atomic E-state index is 0.295. The molecule has 0 radical (unpaired) electrons. The lowest BCUT2D eigenvalue weighted by molar-refractivity contribution is 0.199. The summed E-state index contributed by atoms with van der Waals surface area (Å²) in [6, 6.07) is 15.0. The third-order valence-electron chi connectivity index (χ3n) is 4.27. The Morgan fingerprint density at radius 1 is 1.14 bits per heavy atom. The van der Waals surface area contributed by atoms with Crippen LogP contribution < -0.4 is 0 Å². The van der Waals surface area contributed by atoms with Gasteiger partial charge in [-0.2, -0.15) is 0 Å². The van der Waals surface area contributed by atoms with Gasteiger partial charge >= 0.3 is 0 Å². The Hall–Kier alpha value is -1.58. The monoisotopic (exact) mass is 285 g/mol. The highest BCUT2D eigenvalue weighted by atomic mass is 16.3. The standard InChI is InChI=1S/C18H23NO2/c20-13-5-9-16-8-4-12-19(16)14-17-10-11-18(21-17)15-6-2-1-3-7-15/h1-3,6-7,10-11,16,20H,4-5,8-9,12-14H2. The van der Waals surface area contributed by atoms with Gasteiger partial charge in [-0.05, 0) is 44.4 Å². The zero-order valence-electron chi connectivity index (χ0n) is 12.4. The predicted molar refractivity (Wildman–Crippen MR) is 83.9 cm³/mol. The number of rotatable bonds is 6. The van der Waals surface area contributed by atoms with E-state index in [1.807, 2.05) is 18.2 Å². The fourth-order valence-electron chi connectivity index (χ4n) is 3.18. The summed E-state index contributed by atoms with van der Waals surface area (Å²) < 4.78 is 5.99. The van der Waals surface area contributed by atoms with Crippen LogP contribution in [0.3, 0.4) is 0 Å². The molecule has 0 amide bonds. The quantitative estimate of drug-likeness (QED) is 0.879. The molecule has 1 unspecified atom stereocenters. The number of nitrogens with zero attached hydrogens (tertiary/aromatic N) is 1. The second-order valence-electron chi connectivity index (χ2n) is 5.76. The second-order valence-corrected chi connectivity index (χ2v) is 5.76. The molecule has 0 aliphatic carbocycles. The lowest BCUT2D eigenvalue weighted by atomic mass is 10.1. The van der Waals surface area contributed by atoms with E-state index in [0.717, 1.165) is 43.0 Å². The summed E-state index contributed by atoms with van der Waals surface area (Å²) in [6.45, 7) is 2.31. The molecule has 1 aromatic carbocycles. The van der Waals surface area contributed by atoms with Crippen molar-refractivity contribution in [2.45, 2.75) is 38.3 Å². The number of likely N-dealkylation sites (tertiary alicyclic amines) is 1. The van der Waals surface area contributed by atoms with Gasteiger partial charge in [0.2, 0.25) is 0 Å². The Morgan fingerprint density at radius 3 is 2.81 bits per heavy atom. The van der Waals surface area contributed by atoms with E-state index in [2.05, 4.69) is 29.2 Å². The minimum absolute atomic E-state index is 0.295. The van der Waals surface area contributed by atoms with Gasteiger partial charge in [-0.1, -0.05) is 30.3 Å². The Bertz CT molecular complexity index is 549. The summed E-state index contributed by atoms with van der Waals surface area (Å²) in [5, 5.41) is 8.99. The van der Waals surface area contributed by atoms with Crippen molar-refractivity contribution in [3.8, 4) is 11.3 Å². The molecule has 3 rings (SSSR count). The molecule has 0 spiro atoms. The van der Waals surface area contributed by atoms with E-state index < -0.39 is 0 Å². The minimum Gasteiger partial charge on any atom is -0.460 e. The van der Waals surface area contributed by atoms with Crippen molar-refractivity contribution in [1.82, 2.24) is 4.90 Å². The van der Waals surface area contributed by atoms with Crippen molar-refractivity contribution in [1.29, 1.82) is 0 Å². The zero-order chi connectivity index (χ0) is 14.5. The third-order valence-corrected chi connectivity index (χ3v) is 4.27. The Morgan fingerprint density at radius 2 is 2.00 bits per heavy atom. The van der Waals surface area contributed by atoms with Crippen molar-refractivity contribution in [3.05, 3.63) is 48.2 Å². The van der Waals surface area contributed by atoms with Gasteiger partial charge in [-0.15, -0.1) is 0 Å². The molecule has 2 aromatic rings. The Balaban J connectivity index is 1.64. The van der Waals surface area contributed by atoms with Crippen molar-refractivity contribution in [2.24, 2.45) is 0 Å². The van der Waals surface area contributed by atoms with E-state index in [0.29, 0.717) is 12.6 Å². The highest BCUT2D eigenvalue weighted by molar-refractivity contribution is 5.57. The number of furan rings is 1. The van der Waals surface area contributed by atoms with Crippen LogP contribution in [-0.4, -0.2) is 29.2 Å². The lowest BCUT2D eigenvalue weighted by Gasteiger charge is -2.23. The van der Waals surface area contributed by atoms with Gasteiger partial charge < -0.3 is 9.52 Å². The number of benzene rings is 1. The van der Waals surface area contributed by atoms with Crippen LogP contribution in [-0.2, 0) is 6.54 Å². The van der Waals surface area contributed by atoms with E-state index in [9.17, 15) is 0 Å². The summed E-state index contributed by atoms with van der Waals surface area (Å²) in [6.07, 6.45) is 4.48. The summed E-state index contributed by atoms with van der Waals surface area (Å²) >= 11 is 0. The summed E-state index contributed by atoms with van der Waals surface area (Å²) in [4.78, 5) is 2.49. The molecule has 1 aliphatic rings. The van der Waals surface area contributed by atoms with Gasteiger partial charge in [0.1, 0.15) is 11.5 Å². The second kappa shape index (κ2) is 6.92. The van der Waals surface area contributed by atoms with Gasteiger partial charge in [0, 0.05) is 18.2 Å². The van der Waals surface area contributed by atoms with Crippen LogP contribution in [0.2, 0.25) is 0 Å². The van der Waals surface area contributed by atoms with Crippen molar-refractivity contribution < 1.29 is 9.52 Å². The molecule has 3 nitrogen and oxygen atoms in total. The average molecular weight is 285 g/mol. The molecule has 1 aliphatic heterocycles. The molecule has 0 bridgehead atoms. The van der Waals surface area contributed by atoms with Gasteiger partial charge in [0.05, 0.1) is 6.54 Å². The van der Waals surface area contributed by atoms with Gasteiger partial charge in [0.15, 0.2) is 0 Å². The fourth-order valence-corrected chi connectivity index (χ4v) is 3.18. The number of aliphatic hydroxyl groups is 1. The first-order chi connectivity index (χ1) is 10.4. The van der Waals surface area contributed by atoms with E-state index >= 15 is 0 Å². The molecule has 3 heteroatoms. The van der Waals surface area contributed by atoms with Crippen LogP contribution in [0.5, 0.6) is 0 Å². The fraction of sp³-hybridized carbons (Fsp3) is 0.444. The first-order valence-electron chi connectivity index (χ1n) is 7.86. The van der Waals surface area contributed by atoms with Crippen LogP contribution in [0.1, 0.15) is 31.4 Å². The maximum Gasteiger partial charge on any atom is 0.134 e. The molecule has 1 fully saturated rings. The summed E-state index contributed by atoms with van der Waals surface area (Å²) in [5.74, 6) is 1.97. The SMILES string of the molecule is OCCCC1CCCN1Cc1ccc(-c2ccccc2)o1. The average Bonchev–Trinajstić information content (AvgIpc) is 3.16. The van der Waals surface area contributed by atoms with Crippen LogP contribution in [0.15, 0.2) is 46.9 Å². The molecule has 1 aromatic heterocycles. The number of hydrogen-bond donors (Lipinski definition) is 1. The molecule has 1 N–H and O–H groups in total. The molecule has 1 saturated heterocycles. The highest BCUT2D eigenvalue weighted by Crippen LogP contribution is 2.26. The van der Waals surface area contributed by atoms with E-state index in [4.69, 9.17) is 9.52 Å². The van der Waals surface area contributed by atoms with Crippen molar-refractivity contribution in [2.75, 3.05) is 13.2 Å². The zero-order valence-corrected chi connectivity index (χ0v) is 12.4. The number of aliphatic hydroxyl groups excluding tert-OH is 1. The lowest BCUT2D eigenvalue weighted by Crippen LogP contribution is -2.28. The van der Waals surface area contributed by atoms with E-state index in [1.54, 1.807) is 0 Å². The van der Waals surface area contributed by atoms with E-state index in [1.165, 1.54) is 12.8 Å². The van der Waals surface area contributed by atoms with Gasteiger partial charge in [-0.3, -0.25) is 4.90 Å².